The van der Waals surface area contributed by atoms with Crippen LogP contribution in [0.2, 0.25) is 0 Å². The predicted molar refractivity (Wildman–Crippen MR) is 72.7 cm³/mol. The second kappa shape index (κ2) is 7.07. The summed E-state index contributed by atoms with van der Waals surface area (Å²) in [4.78, 5) is 16.6. The summed E-state index contributed by atoms with van der Waals surface area (Å²) in [6.45, 7) is 5.93. The third kappa shape index (κ3) is 4.23. The van der Waals surface area contributed by atoms with Crippen LogP contribution in [0.1, 0.15) is 19.8 Å². The van der Waals surface area contributed by atoms with E-state index in [9.17, 15) is 4.79 Å². The third-order valence-electron chi connectivity index (χ3n) is 3.53. The summed E-state index contributed by atoms with van der Waals surface area (Å²) in [6, 6.07) is 0. The van der Waals surface area contributed by atoms with Gasteiger partial charge in [0.2, 0.25) is 0 Å². The number of likely N-dealkylation sites (tertiary alicyclic amines) is 1. The number of hydrogen-bond donors (Lipinski definition) is 1. The fourth-order valence-electron chi connectivity index (χ4n) is 2.24. The van der Waals surface area contributed by atoms with Crippen LogP contribution in [0.3, 0.4) is 0 Å². The van der Waals surface area contributed by atoms with E-state index in [1.54, 1.807) is 0 Å². The quantitative estimate of drug-likeness (QED) is 0.687. The average Bonchev–Trinajstić information content (AvgIpc) is 2.32. The highest BCUT2D eigenvalue weighted by Crippen LogP contribution is 2.23. The molecule has 1 N–H and O–H groups in total. The topological polar surface area (TPSA) is 44.8 Å². The smallest absolute Gasteiger partial charge is 0.326 e. The first-order valence-corrected chi connectivity index (χ1v) is 6.76. The zero-order valence-corrected chi connectivity index (χ0v) is 12.2. The first kappa shape index (κ1) is 15.4. The van der Waals surface area contributed by atoms with Crippen LogP contribution in [-0.4, -0.2) is 75.2 Å². The number of nitrogens with zero attached hydrogens (tertiary/aromatic N) is 2. The van der Waals surface area contributed by atoms with Gasteiger partial charge in [0, 0.05) is 26.2 Å². The molecule has 0 aromatic carbocycles. The van der Waals surface area contributed by atoms with E-state index in [0.717, 1.165) is 39.0 Å². The van der Waals surface area contributed by atoms with E-state index in [0.29, 0.717) is 6.61 Å². The van der Waals surface area contributed by atoms with Crippen molar-refractivity contribution in [3.8, 4) is 0 Å². The molecular weight excluding hydrogens is 230 g/mol. The molecule has 1 fully saturated rings. The summed E-state index contributed by atoms with van der Waals surface area (Å²) >= 11 is 0. The number of esters is 1. The van der Waals surface area contributed by atoms with Crippen molar-refractivity contribution in [1.82, 2.24) is 15.1 Å². The van der Waals surface area contributed by atoms with Gasteiger partial charge in [0.05, 0.1) is 6.61 Å². The molecule has 0 aromatic rings. The molecule has 1 heterocycles. The van der Waals surface area contributed by atoms with Crippen LogP contribution in [-0.2, 0) is 9.53 Å². The molecule has 18 heavy (non-hydrogen) atoms. The Kier molecular flexibility index (Phi) is 6.05. The molecule has 0 radical (unpaired) electrons. The minimum Gasteiger partial charge on any atom is -0.465 e. The van der Waals surface area contributed by atoms with Gasteiger partial charge >= 0.3 is 5.97 Å². The number of piperidine rings is 1. The highest BCUT2D eigenvalue weighted by molar-refractivity contribution is 5.81. The summed E-state index contributed by atoms with van der Waals surface area (Å²) in [6.07, 6.45) is 1.66. The lowest BCUT2D eigenvalue weighted by Crippen LogP contribution is -2.59. The molecule has 1 aliphatic heterocycles. The molecule has 0 aliphatic carbocycles. The summed E-state index contributed by atoms with van der Waals surface area (Å²) in [5.74, 6) is -0.0862. The van der Waals surface area contributed by atoms with Crippen LogP contribution in [0.4, 0.5) is 0 Å². The molecule has 5 heteroatoms. The van der Waals surface area contributed by atoms with E-state index in [1.165, 1.54) is 0 Å². The van der Waals surface area contributed by atoms with Gasteiger partial charge in [-0.1, -0.05) is 0 Å². The largest absolute Gasteiger partial charge is 0.465 e. The molecule has 106 valence electrons. The van der Waals surface area contributed by atoms with E-state index in [-0.39, 0.29) is 5.97 Å². The Morgan fingerprint density at radius 1 is 1.39 bits per heavy atom. The van der Waals surface area contributed by atoms with Gasteiger partial charge < -0.3 is 19.9 Å². The van der Waals surface area contributed by atoms with Crippen LogP contribution >= 0.6 is 0 Å². The molecule has 5 nitrogen and oxygen atoms in total. The number of nitrogens with one attached hydrogen (secondary N) is 1. The van der Waals surface area contributed by atoms with Gasteiger partial charge in [-0.3, -0.25) is 4.79 Å². The Balaban J connectivity index is 2.59. The molecule has 0 unspecified atom stereocenters. The van der Waals surface area contributed by atoms with Gasteiger partial charge in [-0.25, -0.2) is 0 Å². The summed E-state index contributed by atoms with van der Waals surface area (Å²) in [7, 11) is 6.16. The lowest BCUT2D eigenvalue weighted by molar-refractivity contribution is -0.153. The Hall–Kier alpha value is -0.650. The number of rotatable bonds is 6. The van der Waals surface area contributed by atoms with Crippen molar-refractivity contribution in [2.45, 2.75) is 25.3 Å². The molecule has 0 aromatic heterocycles. The Labute approximate surface area is 110 Å². The number of hydrogen-bond acceptors (Lipinski definition) is 5. The molecule has 1 aliphatic rings. The van der Waals surface area contributed by atoms with Crippen molar-refractivity contribution < 1.29 is 9.53 Å². The number of carbonyl (C=O) groups is 1. The maximum atomic E-state index is 12.2. The number of ether oxygens (including phenoxy) is 1. The van der Waals surface area contributed by atoms with Crippen LogP contribution in [0, 0.1) is 0 Å². The van der Waals surface area contributed by atoms with Crippen LogP contribution in [0.25, 0.3) is 0 Å². The molecule has 1 rings (SSSR count). The van der Waals surface area contributed by atoms with Gasteiger partial charge in [-0.05, 0) is 40.9 Å². The monoisotopic (exact) mass is 257 g/mol. The second-order valence-corrected chi connectivity index (χ2v) is 5.34. The SMILES string of the molecule is CCOC(=O)C1(NCCN(C)C)CCN(C)CC1. The highest BCUT2D eigenvalue weighted by atomic mass is 16.5. The summed E-state index contributed by atoms with van der Waals surface area (Å²) in [5, 5.41) is 3.43. The third-order valence-corrected chi connectivity index (χ3v) is 3.53. The fourth-order valence-corrected chi connectivity index (χ4v) is 2.24. The lowest BCUT2D eigenvalue weighted by Gasteiger charge is -2.39. The molecule has 0 atom stereocenters. The first-order chi connectivity index (χ1) is 8.50. The van der Waals surface area contributed by atoms with Crippen LogP contribution < -0.4 is 5.32 Å². The van der Waals surface area contributed by atoms with E-state index in [1.807, 2.05) is 21.0 Å². The highest BCUT2D eigenvalue weighted by Gasteiger charge is 2.41. The van der Waals surface area contributed by atoms with Gasteiger partial charge in [0.25, 0.3) is 0 Å². The summed E-state index contributed by atoms with van der Waals surface area (Å²) < 4.78 is 5.24. The number of likely N-dealkylation sites (N-methyl/N-ethyl adjacent to an activating group) is 1. The van der Waals surface area contributed by atoms with Crippen LogP contribution in [0.5, 0.6) is 0 Å². The normalized spacial score (nSPS) is 20.1. The molecule has 0 bridgehead atoms. The Morgan fingerprint density at radius 2 is 2.00 bits per heavy atom. The Morgan fingerprint density at radius 3 is 2.50 bits per heavy atom. The zero-order chi connectivity index (χ0) is 13.6. The molecular formula is C13H27N3O2. The zero-order valence-electron chi connectivity index (χ0n) is 12.2. The van der Waals surface area contributed by atoms with E-state index in [4.69, 9.17) is 4.74 Å². The van der Waals surface area contributed by atoms with E-state index < -0.39 is 5.54 Å². The van der Waals surface area contributed by atoms with E-state index in [2.05, 4.69) is 22.2 Å². The molecule has 0 saturated carbocycles. The van der Waals surface area contributed by atoms with E-state index >= 15 is 0 Å². The van der Waals surface area contributed by atoms with Crippen molar-refractivity contribution in [2.24, 2.45) is 0 Å². The van der Waals surface area contributed by atoms with Gasteiger partial charge in [0.15, 0.2) is 0 Å². The van der Waals surface area contributed by atoms with Crippen molar-refractivity contribution >= 4 is 5.97 Å². The minimum atomic E-state index is -0.474. The van der Waals surface area contributed by atoms with Crippen molar-refractivity contribution in [1.29, 1.82) is 0 Å². The van der Waals surface area contributed by atoms with Gasteiger partial charge in [-0.15, -0.1) is 0 Å². The molecule has 0 amide bonds. The van der Waals surface area contributed by atoms with Crippen molar-refractivity contribution in [3.05, 3.63) is 0 Å². The van der Waals surface area contributed by atoms with Crippen LogP contribution in [0.15, 0.2) is 0 Å². The summed E-state index contributed by atoms with van der Waals surface area (Å²) in [5.41, 5.74) is -0.474. The maximum Gasteiger partial charge on any atom is 0.326 e. The standard InChI is InChI=1S/C13H27N3O2/c1-5-18-12(17)13(14-8-11-15(2)3)6-9-16(4)10-7-13/h14H,5-11H2,1-4H3. The Bertz CT molecular complexity index is 261. The molecule has 0 spiro atoms. The van der Waals surface area contributed by atoms with Crippen molar-refractivity contribution in [3.63, 3.8) is 0 Å². The predicted octanol–water partition coefficient (Wildman–Crippen LogP) is 0.165. The van der Waals surface area contributed by atoms with Gasteiger partial charge in [0.1, 0.15) is 5.54 Å². The fraction of sp³-hybridized carbons (Fsp3) is 0.923. The second-order valence-electron chi connectivity index (χ2n) is 5.34. The molecule has 1 saturated heterocycles. The maximum absolute atomic E-state index is 12.2. The average molecular weight is 257 g/mol. The minimum absolute atomic E-state index is 0.0862. The lowest BCUT2D eigenvalue weighted by atomic mass is 9.87. The number of carbonyl (C=O) groups excluding carboxylic acids is 1. The first-order valence-electron chi connectivity index (χ1n) is 6.76. The van der Waals surface area contributed by atoms with Crippen molar-refractivity contribution in [2.75, 3.05) is 53.9 Å². The van der Waals surface area contributed by atoms with Gasteiger partial charge in [-0.2, -0.15) is 0 Å².